The van der Waals surface area contributed by atoms with Crippen LogP contribution in [0.25, 0.3) is 0 Å². The van der Waals surface area contributed by atoms with Gasteiger partial charge in [-0.3, -0.25) is 0 Å². The zero-order valence-electron chi connectivity index (χ0n) is 19.7. The Morgan fingerprint density at radius 3 is 2.00 bits per heavy atom. The summed E-state index contributed by atoms with van der Waals surface area (Å²) in [6.45, 7) is 6.84. The van der Waals surface area contributed by atoms with Gasteiger partial charge in [0.05, 0.1) is 41.2 Å². The highest BCUT2D eigenvalue weighted by Gasteiger charge is 2.37. The van der Waals surface area contributed by atoms with Crippen molar-refractivity contribution < 1.29 is 28.8 Å². The molecule has 172 valence electrons. The highest BCUT2D eigenvalue weighted by molar-refractivity contribution is 5.54. The van der Waals surface area contributed by atoms with Gasteiger partial charge >= 0.3 is 0 Å². The van der Waals surface area contributed by atoms with E-state index in [-0.39, 0.29) is 11.9 Å². The van der Waals surface area contributed by atoms with Gasteiger partial charge in [0.1, 0.15) is 0 Å². The van der Waals surface area contributed by atoms with Gasteiger partial charge in [-0.05, 0) is 53.6 Å². The summed E-state index contributed by atoms with van der Waals surface area (Å²) >= 11 is 0. The second kappa shape index (κ2) is 11.7. The molecule has 3 rings (SSSR count). The van der Waals surface area contributed by atoms with E-state index in [0.29, 0.717) is 41.4 Å². The lowest BCUT2D eigenvalue weighted by Crippen LogP contribution is -2.17. The number of phenolic OH excluding ortho intramolecular Hbond substituents is 1. The average Bonchev–Trinajstić information content (AvgIpc) is 3.21. The molecule has 1 fully saturated rings. The van der Waals surface area contributed by atoms with Crippen molar-refractivity contribution in [2.75, 3.05) is 35.0 Å². The zero-order valence-corrected chi connectivity index (χ0v) is 19.7. The van der Waals surface area contributed by atoms with Crippen LogP contribution in [0, 0.1) is 11.8 Å². The summed E-state index contributed by atoms with van der Waals surface area (Å²) in [5.74, 6) is 3.17. The Morgan fingerprint density at radius 1 is 0.903 bits per heavy atom. The fraction of sp³-hybridized carbons (Fsp3) is 0.520. The standard InChI is InChI=1S/C23H30O6.C2H6/c1-6-17-16(9-14-7-8-19(25-2)18(24)10-14)13-29-22(17)15-11-20(26-3)23(28-5)21(12-15)27-4;1-2/h7-8,10-12,16-17,22,24H,6,9,13H2,1-5H3;1-2H3/t16-,17-,22+;/m0./s1. The predicted octanol–water partition coefficient (Wildman–Crippen LogP) is 5.41. The van der Waals surface area contributed by atoms with Crippen LogP contribution < -0.4 is 18.9 Å². The van der Waals surface area contributed by atoms with E-state index >= 15 is 0 Å². The maximum Gasteiger partial charge on any atom is 0.203 e. The van der Waals surface area contributed by atoms with Gasteiger partial charge in [-0.25, -0.2) is 0 Å². The van der Waals surface area contributed by atoms with Crippen molar-refractivity contribution in [2.45, 2.75) is 39.7 Å². The molecule has 0 amide bonds. The van der Waals surface area contributed by atoms with Crippen LogP contribution in [-0.4, -0.2) is 40.2 Å². The maximum atomic E-state index is 10.1. The molecule has 0 bridgehead atoms. The lowest BCUT2D eigenvalue weighted by molar-refractivity contribution is 0.0889. The highest BCUT2D eigenvalue weighted by Crippen LogP contribution is 2.47. The summed E-state index contributed by atoms with van der Waals surface area (Å²) in [4.78, 5) is 0. The van der Waals surface area contributed by atoms with E-state index in [1.807, 2.05) is 32.0 Å². The highest BCUT2D eigenvalue weighted by atomic mass is 16.5. The molecule has 0 aliphatic carbocycles. The topological polar surface area (TPSA) is 66.4 Å². The average molecular weight is 433 g/mol. The molecule has 2 aromatic carbocycles. The minimum Gasteiger partial charge on any atom is -0.504 e. The first kappa shape index (κ1) is 24.7. The Bertz CT molecular complexity index is 810. The van der Waals surface area contributed by atoms with Crippen molar-refractivity contribution >= 4 is 0 Å². The van der Waals surface area contributed by atoms with E-state index in [0.717, 1.165) is 24.0 Å². The van der Waals surface area contributed by atoms with Crippen LogP contribution in [0.4, 0.5) is 0 Å². The summed E-state index contributed by atoms with van der Waals surface area (Å²) < 4.78 is 27.8. The molecule has 0 spiro atoms. The molecule has 3 atom stereocenters. The molecule has 1 N–H and O–H groups in total. The van der Waals surface area contributed by atoms with Crippen LogP contribution in [0.3, 0.4) is 0 Å². The lowest BCUT2D eigenvalue weighted by Gasteiger charge is -2.23. The number of methoxy groups -OCH3 is 4. The molecule has 0 aromatic heterocycles. The molecule has 1 aliphatic rings. The zero-order chi connectivity index (χ0) is 23.0. The SMILES string of the molecule is CC.CC[C@H]1[C@@H](Cc2ccc(OC)c(O)c2)CO[C@@H]1c1cc(OC)c(OC)c(OC)c1. The minimum atomic E-state index is -0.0504. The van der Waals surface area contributed by atoms with E-state index in [9.17, 15) is 5.11 Å². The maximum absolute atomic E-state index is 10.1. The van der Waals surface area contributed by atoms with Gasteiger partial charge in [0.25, 0.3) is 0 Å². The van der Waals surface area contributed by atoms with E-state index in [2.05, 4.69) is 6.92 Å². The third-order valence-corrected chi connectivity index (χ3v) is 5.71. The Balaban J connectivity index is 0.00000166. The quantitative estimate of drug-likeness (QED) is 0.602. The van der Waals surface area contributed by atoms with Crippen LogP contribution in [0.5, 0.6) is 28.7 Å². The van der Waals surface area contributed by atoms with Gasteiger partial charge in [-0.1, -0.05) is 33.3 Å². The molecule has 6 heteroatoms. The number of ether oxygens (including phenoxy) is 5. The van der Waals surface area contributed by atoms with Crippen molar-refractivity contribution in [3.63, 3.8) is 0 Å². The summed E-state index contributed by atoms with van der Waals surface area (Å²) in [6, 6.07) is 9.51. The number of rotatable bonds is 8. The summed E-state index contributed by atoms with van der Waals surface area (Å²) in [5.41, 5.74) is 2.09. The molecule has 31 heavy (non-hydrogen) atoms. The van der Waals surface area contributed by atoms with Gasteiger partial charge in [0, 0.05) is 0 Å². The normalized spacial score (nSPS) is 19.9. The molecule has 6 nitrogen and oxygen atoms in total. The number of hydrogen-bond donors (Lipinski definition) is 1. The Kier molecular flexibility index (Phi) is 9.31. The van der Waals surface area contributed by atoms with Gasteiger partial charge in [-0.15, -0.1) is 0 Å². The van der Waals surface area contributed by atoms with Crippen LogP contribution >= 0.6 is 0 Å². The third-order valence-electron chi connectivity index (χ3n) is 5.71. The summed E-state index contributed by atoms with van der Waals surface area (Å²) in [7, 11) is 6.38. The largest absolute Gasteiger partial charge is 0.504 e. The first-order valence-electron chi connectivity index (χ1n) is 10.8. The molecule has 2 aromatic rings. The minimum absolute atomic E-state index is 0.0504. The monoisotopic (exact) mass is 432 g/mol. The second-order valence-electron chi connectivity index (χ2n) is 7.26. The fourth-order valence-corrected chi connectivity index (χ4v) is 4.25. The second-order valence-corrected chi connectivity index (χ2v) is 7.26. The van der Waals surface area contributed by atoms with E-state index in [1.165, 1.54) is 0 Å². The van der Waals surface area contributed by atoms with Crippen molar-refractivity contribution in [1.29, 1.82) is 0 Å². The van der Waals surface area contributed by atoms with Crippen LogP contribution in [0.2, 0.25) is 0 Å². The summed E-state index contributed by atoms with van der Waals surface area (Å²) in [5, 5.41) is 10.1. The molecule has 1 heterocycles. The molecule has 0 saturated carbocycles. The molecule has 1 saturated heterocycles. The third kappa shape index (κ3) is 5.37. The molecule has 0 unspecified atom stereocenters. The van der Waals surface area contributed by atoms with Crippen molar-refractivity contribution in [3.8, 4) is 28.7 Å². The molecule has 0 radical (unpaired) electrons. The first-order chi connectivity index (χ1) is 15.1. The predicted molar refractivity (Wildman–Crippen MR) is 122 cm³/mol. The first-order valence-corrected chi connectivity index (χ1v) is 10.8. The van der Waals surface area contributed by atoms with E-state index in [4.69, 9.17) is 23.7 Å². The van der Waals surface area contributed by atoms with Gasteiger partial charge in [0.2, 0.25) is 5.75 Å². The van der Waals surface area contributed by atoms with Crippen LogP contribution in [0.15, 0.2) is 30.3 Å². The van der Waals surface area contributed by atoms with Gasteiger partial charge in [0.15, 0.2) is 23.0 Å². The number of phenols is 1. The van der Waals surface area contributed by atoms with Crippen molar-refractivity contribution in [2.24, 2.45) is 11.8 Å². The van der Waals surface area contributed by atoms with Gasteiger partial charge < -0.3 is 28.8 Å². The van der Waals surface area contributed by atoms with E-state index < -0.39 is 0 Å². The Hall–Kier alpha value is -2.60. The molecule has 1 aliphatic heterocycles. The van der Waals surface area contributed by atoms with Crippen LogP contribution in [-0.2, 0) is 11.2 Å². The van der Waals surface area contributed by atoms with Crippen molar-refractivity contribution in [3.05, 3.63) is 41.5 Å². The Morgan fingerprint density at radius 2 is 1.52 bits per heavy atom. The number of hydrogen-bond acceptors (Lipinski definition) is 6. The smallest absolute Gasteiger partial charge is 0.203 e. The van der Waals surface area contributed by atoms with Crippen molar-refractivity contribution in [1.82, 2.24) is 0 Å². The molecular formula is C25H36O6. The van der Waals surface area contributed by atoms with E-state index in [1.54, 1.807) is 40.6 Å². The molecular weight excluding hydrogens is 396 g/mol. The lowest BCUT2D eigenvalue weighted by atomic mass is 9.82. The summed E-state index contributed by atoms with van der Waals surface area (Å²) in [6.07, 6.45) is 1.76. The number of aromatic hydroxyl groups is 1. The fourth-order valence-electron chi connectivity index (χ4n) is 4.25. The number of benzene rings is 2. The Labute approximate surface area is 186 Å². The van der Waals surface area contributed by atoms with Gasteiger partial charge in [-0.2, -0.15) is 0 Å². The van der Waals surface area contributed by atoms with Crippen LogP contribution in [0.1, 0.15) is 44.4 Å².